The number of amides is 5. The van der Waals surface area contributed by atoms with Crippen LogP contribution >= 0.6 is 11.6 Å². The van der Waals surface area contributed by atoms with Gasteiger partial charge in [-0.05, 0) is 67.8 Å². The molecule has 6 rings (SSSR count). The van der Waals surface area contributed by atoms with Crippen molar-refractivity contribution in [1.82, 2.24) is 19.9 Å². The number of benzene rings is 2. The fourth-order valence-corrected chi connectivity index (χ4v) is 6.48. The molecule has 14 heteroatoms. The number of hydrogen-bond acceptors (Lipinski definition) is 8. The zero-order chi connectivity index (χ0) is 34.3. The highest BCUT2D eigenvalue weighted by molar-refractivity contribution is 6.30. The molecular formula is C34H34ClN9O4. The highest BCUT2D eigenvalue weighted by atomic mass is 35.5. The number of rotatable bonds is 8. The van der Waals surface area contributed by atoms with Gasteiger partial charge in [0.25, 0.3) is 5.91 Å². The molecule has 1 fully saturated rings. The number of likely N-dealkylation sites (tertiary alicyclic amines) is 1. The Bertz CT molecular complexity index is 1940. The van der Waals surface area contributed by atoms with Gasteiger partial charge in [0.15, 0.2) is 0 Å². The third kappa shape index (κ3) is 5.99. The fourth-order valence-electron chi connectivity index (χ4n) is 6.35. The van der Waals surface area contributed by atoms with Crippen molar-refractivity contribution >= 4 is 58.5 Å². The monoisotopic (exact) mass is 667 g/mol. The number of nitrogens with one attached hydrogen (secondary N) is 1. The predicted molar refractivity (Wildman–Crippen MR) is 181 cm³/mol. The third-order valence-electron chi connectivity index (χ3n) is 9.02. The number of nitrogens with two attached hydrogens (primary N) is 2. The number of fused-ring (bicyclic) bond motifs is 1. The fraction of sp³-hybridized carbons (Fsp3) is 0.265. The first-order valence-electron chi connectivity index (χ1n) is 15.2. The van der Waals surface area contributed by atoms with E-state index in [1.807, 2.05) is 26.0 Å². The minimum atomic E-state index is -1.41. The first kappa shape index (κ1) is 32.4. The van der Waals surface area contributed by atoms with E-state index in [1.165, 1.54) is 9.80 Å². The molecule has 4 aromatic rings. The number of primary amides is 2. The lowest BCUT2D eigenvalue weighted by atomic mass is 9.72. The standard InChI is InChI=1S/C34H34ClN9O4/c1-19-4-8-22(30(46)43-17-26(28(36)45)34(18-43,31(37)47)13-21-6-9-24(35)10-7-21)12-27(19)44-16-23-14-39-32(41-29(23)42(3)33(44)48)40-25-11-5-20(2)38-15-25/h4-12,14-15,26H,13,16-18H2,1-3H3,(H2,36,45)(H2,37,47)(H,39,40,41). The van der Waals surface area contributed by atoms with Crippen molar-refractivity contribution in [2.45, 2.75) is 26.8 Å². The van der Waals surface area contributed by atoms with Crippen LogP contribution in [0.15, 0.2) is 67.0 Å². The van der Waals surface area contributed by atoms with Crippen LogP contribution in [-0.2, 0) is 22.6 Å². The van der Waals surface area contributed by atoms with Crippen molar-refractivity contribution in [1.29, 1.82) is 0 Å². The second-order valence-corrected chi connectivity index (χ2v) is 12.7. The zero-order valence-electron chi connectivity index (χ0n) is 26.6. The predicted octanol–water partition coefficient (Wildman–Crippen LogP) is 3.73. The number of hydrogen-bond donors (Lipinski definition) is 3. The van der Waals surface area contributed by atoms with E-state index in [0.29, 0.717) is 33.7 Å². The van der Waals surface area contributed by atoms with Crippen molar-refractivity contribution in [2.24, 2.45) is 22.8 Å². The normalized spacial score (nSPS) is 18.9. The summed E-state index contributed by atoms with van der Waals surface area (Å²) in [6, 6.07) is 15.3. The van der Waals surface area contributed by atoms with Gasteiger partial charge in [-0.25, -0.2) is 9.78 Å². The molecular weight excluding hydrogens is 634 g/mol. The molecule has 48 heavy (non-hydrogen) atoms. The average molecular weight is 668 g/mol. The summed E-state index contributed by atoms with van der Waals surface area (Å²) < 4.78 is 0. The van der Waals surface area contributed by atoms with Crippen LogP contribution in [-0.4, -0.2) is 63.7 Å². The Morgan fingerprint density at radius 3 is 2.44 bits per heavy atom. The van der Waals surface area contributed by atoms with Gasteiger partial charge >= 0.3 is 6.03 Å². The zero-order valence-corrected chi connectivity index (χ0v) is 27.4. The van der Waals surface area contributed by atoms with Crippen molar-refractivity contribution in [3.63, 3.8) is 0 Å². The van der Waals surface area contributed by atoms with Gasteiger partial charge in [0.1, 0.15) is 5.82 Å². The van der Waals surface area contributed by atoms with E-state index < -0.39 is 29.1 Å². The molecule has 0 bridgehead atoms. The lowest BCUT2D eigenvalue weighted by Gasteiger charge is -2.35. The molecule has 0 spiro atoms. The van der Waals surface area contributed by atoms with Crippen molar-refractivity contribution in [3.05, 3.63) is 100.0 Å². The second kappa shape index (κ2) is 12.6. The number of anilines is 4. The van der Waals surface area contributed by atoms with E-state index in [-0.39, 0.29) is 37.6 Å². The van der Waals surface area contributed by atoms with Crippen molar-refractivity contribution < 1.29 is 19.2 Å². The Labute approximate surface area is 281 Å². The van der Waals surface area contributed by atoms with E-state index in [1.54, 1.807) is 66.8 Å². The van der Waals surface area contributed by atoms with Crippen LogP contribution in [0.25, 0.3) is 0 Å². The summed E-state index contributed by atoms with van der Waals surface area (Å²) in [5.74, 6) is -2.10. The van der Waals surface area contributed by atoms with E-state index in [0.717, 1.165) is 16.8 Å². The van der Waals surface area contributed by atoms with E-state index in [4.69, 9.17) is 23.1 Å². The van der Waals surface area contributed by atoms with Crippen LogP contribution in [0.1, 0.15) is 32.7 Å². The van der Waals surface area contributed by atoms with Crippen LogP contribution < -0.4 is 26.6 Å². The first-order valence-corrected chi connectivity index (χ1v) is 15.6. The summed E-state index contributed by atoms with van der Waals surface area (Å²) in [6.45, 7) is 3.71. The molecule has 0 radical (unpaired) electrons. The minimum absolute atomic E-state index is 0.0843. The topological polar surface area (TPSA) is 181 Å². The van der Waals surface area contributed by atoms with Gasteiger partial charge in [-0.15, -0.1) is 0 Å². The number of nitrogens with zero attached hydrogens (tertiary/aromatic N) is 6. The molecule has 2 aromatic carbocycles. The molecule has 5 N–H and O–H groups in total. The van der Waals surface area contributed by atoms with Crippen LogP contribution in [0.5, 0.6) is 0 Å². The smallest absolute Gasteiger partial charge is 0.330 e. The molecule has 0 saturated carbocycles. The maximum absolute atomic E-state index is 14.0. The van der Waals surface area contributed by atoms with Gasteiger partial charge in [-0.3, -0.25) is 29.2 Å². The molecule has 2 aliphatic heterocycles. The molecule has 2 aromatic heterocycles. The highest BCUT2D eigenvalue weighted by Gasteiger charge is 2.55. The highest BCUT2D eigenvalue weighted by Crippen LogP contribution is 2.41. The summed E-state index contributed by atoms with van der Waals surface area (Å²) in [6.07, 6.45) is 3.44. The number of carbonyl (C=O) groups is 4. The Hall–Kier alpha value is -5.56. The molecule has 1 saturated heterocycles. The summed E-state index contributed by atoms with van der Waals surface area (Å²) in [5.41, 5.74) is 14.9. The Morgan fingerprint density at radius 1 is 1.02 bits per heavy atom. The van der Waals surface area contributed by atoms with Crippen LogP contribution in [0.2, 0.25) is 5.02 Å². The Balaban J connectivity index is 1.26. The van der Waals surface area contributed by atoms with Crippen molar-refractivity contribution in [2.75, 3.05) is 35.3 Å². The second-order valence-electron chi connectivity index (χ2n) is 12.2. The summed E-state index contributed by atoms with van der Waals surface area (Å²) in [7, 11) is 1.63. The lowest BCUT2D eigenvalue weighted by molar-refractivity contribution is -0.135. The molecule has 0 aliphatic carbocycles. The molecule has 5 amide bonds. The Morgan fingerprint density at radius 2 is 1.77 bits per heavy atom. The van der Waals surface area contributed by atoms with E-state index >= 15 is 0 Å². The summed E-state index contributed by atoms with van der Waals surface area (Å²) >= 11 is 6.04. The van der Waals surface area contributed by atoms with Crippen LogP contribution in [0.3, 0.4) is 0 Å². The van der Waals surface area contributed by atoms with Gasteiger partial charge in [0.2, 0.25) is 17.8 Å². The number of urea groups is 1. The number of pyridine rings is 1. The number of aryl methyl sites for hydroxylation is 2. The van der Waals surface area contributed by atoms with E-state index in [9.17, 15) is 19.2 Å². The summed E-state index contributed by atoms with van der Waals surface area (Å²) in [4.78, 5) is 71.1. The molecule has 2 atom stereocenters. The van der Waals surface area contributed by atoms with Gasteiger partial charge in [0.05, 0.1) is 29.8 Å². The lowest BCUT2D eigenvalue weighted by Crippen LogP contribution is -2.49. The molecule has 13 nitrogen and oxygen atoms in total. The summed E-state index contributed by atoms with van der Waals surface area (Å²) in [5, 5.41) is 3.63. The van der Waals surface area contributed by atoms with Crippen LogP contribution in [0, 0.1) is 25.2 Å². The minimum Gasteiger partial charge on any atom is -0.369 e. The van der Waals surface area contributed by atoms with Gasteiger partial charge in [-0.1, -0.05) is 29.8 Å². The third-order valence-corrected chi connectivity index (χ3v) is 9.27. The first-order chi connectivity index (χ1) is 22.9. The van der Waals surface area contributed by atoms with Crippen LogP contribution in [0.4, 0.5) is 27.9 Å². The van der Waals surface area contributed by atoms with Gasteiger partial charge in [0, 0.05) is 53.9 Å². The van der Waals surface area contributed by atoms with Gasteiger partial charge in [-0.2, -0.15) is 4.98 Å². The molecule has 4 heterocycles. The molecule has 2 aliphatic rings. The maximum Gasteiger partial charge on any atom is 0.330 e. The maximum atomic E-state index is 14.0. The average Bonchev–Trinajstić information content (AvgIpc) is 3.46. The van der Waals surface area contributed by atoms with Crippen molar-refractivity contribution in [3.8, 4) is 0 Å². The quantitative estimate of drug-likeness (QED) is 0.254. The molecule has 246 valence electrons. The van der Waals surface area contributed by atoms with E-state index in [2.05, 4.69) is 20.3 Å². The number of carbonyl (C=O) groups excluding carboxylic acids is 4. The number of halogens is 1. The number of aromatic nitrogens is 3. The SMILES string of the molecule is Cc1ccc(Nc2ncc3c(n2)N(C)C(=O)N(c2cc(C(=O)N4CC(C(N)=O)C(Cc5ccc(Cl)cc5)(C(N)=O)C4)ccc2C)C3)cn1. The largest absolute Gasteiger partial charge is 0.369 e. The Kier molecular flexibility index (Phi) is 8.48. The van der Waals surface area contributed by atoms with Gasteiger partial charge < -0.3 is 21.7 Å². The molecule has 2 unspecified atom stereocenters.